The SMILES string of the molecule is CCCCCCCCOC(=O)[C@@H]1[C@H](C(=O)Nc2ccccc2)N2[C@H](c3ccc(C)cc3)[C@H](C(=O)OCCCCCCCC)[C@H](C(=O)Nc3ccccc3)N2[C@H]1c1ccc(C)cc1. The molecular weight excluding hydrogens is 777 g/mol. The van der Waals surface area contributed by atoms with Crippen LogP contribution in [-0.2, 0) is 28.7 Å². The molecule has 0 bridgehead atoms. The van der Waals surface area contributed by atoms with E-state index in [0.29, 0.717) is 24.2 Å². The van der Waals surface area contributed by atoms with E-state index in [4.69, 9.17) is 9.47 Å². The van der Waals surface area contributed by atoms with Gasteiger partial charge < -0.3 is 20.1 Å². The number of carbonyl (C=O) groups excluding carboxylic acids is 4. The fourth-order valence-corrected chi connectivity index (χ4v) is 9.03. The molecule has 2 amide bonds. The summed E-state index contributed by atoms with van der Waals surface area (Å²) in [6, 6.07) is 29.8. The maximum Gasteiger partial charge on any atom is 0.313 e. The molecule has 2 aliphatic heterocycles. The number of hydrazine groups is 1. The van der Waals surface area contributed by atoms with E-state index in [2.05, 4.69) is 24.5 Å². The topological polar surface area (TPSA) is 117 Å². The lowest BCUT2D eigenvalue weighted by Crippen LogP contribution is -2.49. The Morgan fingerprint density at radius 3 is 1.16 bits per heavy atom. The molecule has 0 aliphatic carbocycles. The molecule has 0 unspecified atom stereocenters. The second-order valence-corrected chi connectivity index (χ2v) is 17.0. The standard InChI is InChI=1S/C52H66N4O6/c1-5-7-9-11-13-21-35-61-51(59)43-45(39-31-27-37(3)28-32-39)55-48(50(58)54-42-25-19-16-20-26-42)44(52(60)62-36-22-14-12-10-8-6-2)46(40-33-29-38(4)30-34-40)56(55)47(43)49(57)53-41-23-17-15-18-24-41/h15-20,23-34,43-48H,5-14,21-22,35-36H2,1-4H3,(H,53,57)(H,54,58)/t43-,44-,45-,46+,47+,48+/m0/s1. The summed E-state index contributed by atoms with van der Waals surface area (Å²) in [5.41, 5.74) is 4.58. The van der Waals surface area contributed by atoms with Gasteiger partial charge in [0.05, 0.1) is 25.3 Å². The molecule has 0 aromatic heterocycles. The van der Waals surface area contributed by atoms with Crippen LogP contribution in [0.25, 0.3) is 0 Å². The predicted molar refractivity (Wildman–Crippen MR) is 245 cm³/mol. The van der Waals surface area contributed by atoms with Crippen LogP contribution in [0.2, 0.25) is 0 Å². The molecule has 6 rings (SSSR count). The average Bonchev–Trinajstić information content (AvgIpc) is 3.80. The maximum absolute atomic E-state index is 15.2. The van der Waals surface area contributed by atoms with Crippen LogP contribution in [0.1, 0.15) is 125 Å². The van der Waals surface area contributed by atoms with Crippen molar-refractivity contribution in [3.8, 4) is 0 Å². The molecule has 2 aliphatic rings. The van der Waals surface area contributed by atoms with Crippen LogP contribution in [0.3, 0.4) is 0 Å². The Bertz CT molecular complexity index is 1880. The van der Waals surface area contributed by atoms with Gasteiger partial charge in [-0.05, 0) is 62.1 Å². The fourth-order valence-electron chi connectivity index (χ4n) is 9.03. The number of hydrogen-bond donors (Lipinski definition) is 2. The molecule has 2 heterocycles. The van der Waals surface area contributed by atoms with Crippen LogP contribution in [-0.4, -0.2) is 59.1 Å². The van der Waals surface area contributed by atoms with E-state index >= 15 is 9.59 Å². The molecule has 330 valence electrons. The number of nitrogens with zero attached hydrogens (tertiary/aromatic N) is 2. The van der Waals surface area contributed by atoms with Crippen molar-refractivity contribution in [3.05, 3.63) is 131 Å². The third-order valence-corrected chi connectivity index (χ3v) is 12.3. The van der Waals surface area contributed by atoms with Gasteiger partial charge in [-0.3, -0.25) is 19.2 Å². The van der Waals surface area contributed by atoms with Crippen LogP contribution in [0.4, 0.5) is 11.4 Å². The number of benzene rings is 4. The van der Waals surface area contributed by atoms with Gasteiger partial charge in [0.2, 0.25) is 11.8 Å². The van der Waals surface area contributed by atoms with Crippen molar-refractivity contribution in [2.24, 2.45) is 11.8 Å². The Morgan fingerprint density at radius 1 is 0.468 bits per heavy atom. The molecule has 10 heteroatoms. The second-order valence-electron chi connectivity index (χ2n) is 17.0. The highest BCUT2D eigenvalue weighted by atomic mass is 16.5. The van der Waals surface area contributed by atoms with E-state index in [0.717, 1.165) is 73.6 Å². The average molecular weight is 843 g/mol. The van der Waals surface area contributed by atoms with Crippen molar-refractivity contribution in [3.63, 3.8) is 0 Å². The fraction of sp³-hybridized carbons (Fsp3) is 0.462. The largest absolute Gasteiger partial charge is 0.465 e. The Balaban J connectivity index is 1.49. The van der Waals surface area contributed by atoms with E-state index in [9.17, 15) is 9.59 Å². The van der Waals surface area contributed by atoms with Gasteiger partial charge in [-0.2, -0.15) is 0 Å². The van der Waals surface area contributed by atoms with Gasteiger partial charge in [0, 0.05) is 11.4 Å². The van der Waals surface area contributed by atoms with Gasteiger partial charge in [-0.1, -0.05) is 174 Å². The van der Waals surface area contributed by atoms with Gasteiger partial charge in [0.25, 0.3) is 0 Å². The van der Waals surface area contributed by atoms with Crippen molar-refractivity contribution in [2.45, 2.75) is 129 Å². The van der Waals surface area contributed by atoms with E-state index < -0.39 is 59.8 Å². The first kappa shape index (κ1) is 46.2. The lowest BCUT2D eigenvalue weighted by Gasteiger charge is -2.33. The number of fused-ring (bicyclic) bond motifs is 1. The first-order valence-corrected chi connectivity index (χ1v) is 23.0. The molecule has 4 aromatic rings. The van der Waals surface area contributed by atoms with Gasteiger partial charge in [0.1, 0.15) is 23.9 Å². The molecule has 2 saturated heterocycles. The van der Waals surface area contributed by atoms with Crippen LogP contribution in [0.15, 0.2) is 109 Å². The van der Waals surface area contributed by atoms with Crippen LogP contribution >= 0.6 is 0 Å². The number of nitrogens with one attached hydrogen (secondary N) is 2. The number of hydrogen-bond acceptors (Lipinski definition) is 8. The third-order valence-electron chi connectivity index (χ3n) is 12.3. The number of ether oxygens (including phenoxy) is 2. The zero-order chi connectivity index (χ0) is 43.8. The van der Waals surface area contributed by atoms with Crippen molar-refractivity contribution in [1.82, 2.24) is 10.0 Å². The summed E-state index contributed by atoms with van der Waals surface area (Å²) in [6.45, 7) is 8.76. The number of para-hydroxylation sites is 2. The summed E-state index contributed by atoms with van der Waals surface area (Å²) in [5, 5.41) is 9.88. The smallest absolute Gasteiger partial charge is 0.313 e. The summed E-state index contributed by atoms with van der Waals surface area (Å²) in [5.74, 6) is -4.11. The highest BCUT2D eigenvalue weighted by Gasteiger charge is 2.68. The van der Waals surface area contributed by atoms with Gasteiger partial charge in [-0.25, -0.2) is 10.0 Å². The van der Waals surface area contributed by atoms with Gasteiger partial charge >= 0.3 is 11.9 Å². The number of anilines is 2. The second kappa shape index (κ2) is 23.2. The Hall–Kier alpha value is -5.32. The summed E-state index contributed by atoms with van der Waals surface area (Å²) in [6.07, 6.45) is 12.2. The third kappa shape index (κ3) is 11.6. The molecule has 2 N–H and O–H groups in total. The highest BCUT2D eigenvalue weighted by Crippen LogP contribution is 2.56. The molecule has 62 heavy (non-hydrogen) atoms. The van der Waals surface area contributed by atoms with Crippen LogP contribution in [0, 0.1) is 25.7 Å². The maximum atomic E-state index is 15.2. The summed E-state index contributed by atoms with van der Waals surface area (Å²) in [4.78, 5) is 60.2. The van der Waals surface area contributed by atoms with E-state index in [1.807, 2.05) is 109 Å². The quantitative estimate of drug-likeness (QED) is 0.0593. The monoisotopic (exact) mass is 842 g/mol. The van der Waals surface area contributed by atoms with E-state index in [1.54, 1.807) is 24.3 Å². The molecule has 6 atom stereocenters. The van der Waals surface area contributed by atoms with Gasteiger partial charge in [-0.15, -0.1) is 0 Å². The number of aryl methyl sites for hydroxylation is 2. The molecule has 0 saturated carbocycles. The molecule has 2 fully saturated rings. The Kier molecular flexibility index (Phi) is 17.3. The first-order chi connectivity index (χ1) is 30.2. The van der Waals surface area contributed by atoms with E-state index in [-0.39, 0.29) is 13.2 Å². The molecule has 0 spiro atoms. The normalized spacial score (nSPS) is 21.0. The molecule has 10 nitrogen and oxygen atoms in total. The van der Waals surface area contributed by atoms with Crippen LogP contribution < -0.4 is 10.6 Å². The lowest BCUT2D eigenvalue weighted by molar-refractivity contribution is -0.154. The zero-order valence-electron chi connectivity index (χ0n) is 37.1. The minimum atomic E-state index is -1.19. The summed E-state index contributed by atoms with van der Waals surface area (Å²) < 4.78 is 12.3. The lowest BCUT2D eigenvalue weighted by atomic mass is 9.81. The van der Waals surface area contributed by atoms with Crippen molar-refractivity contribution in [1.29, 1.82) is 0 Å². The van der Waals surface area contributed by atoms with E-state index in [1.165, 1.54) is 12.8 Å². The number of carbonyl (C=O) groups is 4. The number of unbranched alkanes of at least 4 members (excludes halogenated alkanes) is 10. The summed E-state index contributed by atoms with van der Waals surface area (Å²) >= 11 is 0. The minimum absolute atomic E-state index is 0.210. The molecule has 4 aromatic carbocycles. The van der Waals surface area contributed by atoms with Crippen molar-refractivity contribution < 1.29 is 28.7 Å². The molecular formula is C52H66N4O6. The van der Waals surface area contributed by atoms with Crippen LogP contribution in [0.5, 0.6) is 0 Å². The first-order valence-electron chi connectivity index (χ1n) is 23.0. The van der Waals surface area contributed by atoms with Gasteiger partial charge in [0.15, 0.2) is 0 Å². The van der Waals surface area contributed by atoms with Crippen molar-refractivity contribution in [2.75, 3.05) is 23.8 Å². The highest BCUT2D eigenvalue weighted by molar-refractivity contribution is 6.01. The summed E-state index contributed by atoms with van der Waals surface area (Å²) in [7, 11) is 0. The number of esters is 2. The Labute approximate surface area is 368 Å². The zero-order valence-corrected chi connectivity index (χ0v) is 37.1. The predicted octanol–water partition coefficient (Wildman–Crippen LogP) is 10.7. The molecule has 0 radical (unpaired) electrons. The number of rotatable bonds is 22. The van der Waals surface area contributed by atoms with Crippen molar-refractivity contribution >= 4 is 35.1 Å². The number of amides is 2. The Morgan fingerprint density at radius 2 is 0.806 bits per heavy atom. The minimum Gasteiger partial charge on any atom is -0.465 e.